The van der Waals surface area contributed by atoms with Gasteiger partial charge < -0.3 is 10.1 Å². The van der Waals surface area contributed by atoms with Crippen LogP contribution in [0.3, 0.4) is 0 Å². The molecule has 0 aliphatic carbocycles. The number of hydrogen-bond donors (Lipinski definition) is 1. The Balaban J connectivity index is 0. The van der Waals surface area contributed by atoms with Crippen LogP contribution in [0.25, 0.3) is 0 Å². The van der Waals surface area contributed by atoms with Crippen LogP contribution in [0.4, 0.5) is 0 Å². The SMILES string of the molecule is CC.CC.CCCNC(C=O)c1ccccc1. The molecule has 0 heterocycles. The second-order valence-corrected chi connectivity index (χ2v) is 2.98. The molecule has 0 aliphatic heterocycles. The molecule has 0 bridgehead atoms. The molecule has 0 aliphatic rings. The van der Waals surface area contributed by atoms with Gasteiger partial charge in [0.05, 0.1) is 6.04 Å². The van der Waals surface area contributed by atoms with E-state index in [1.807, 2.05) is 58.0 Å². The topological polar surface area (TPSA) is 29.1 Å². The van der Waals surface area contributed by atoms with Crippen molar-refractivity contribution in [2.75, 3.05) is 6.54 Å². The van der Waals surface area contributed by atoms with Gasteiger partial charge >= 0.3 is 0 Å². The molecular formula is C15H27NO. The first-order chi connectivity index (χ1) is 8.38. The van der Waals surface area contributed by atoms with E-state index in [0.29, 0.717) is 0 Å². The van der Waals surface area contributed by atoms with Crippen LogP contribution < -0.4 is 5.32 Å². The highest BCUT2D eigenvalue weighted by molar-refractivity contribution is 5.61. The summed E-state index contributed by atoms with van der Waals surface area (Å²) in [5.74, 6) is 0. The monoisotopic (exact) mass is 237 g/mol. The third kappa shape index (κ3) is 8.64. The summed E-state index contributed by atoms with van der Waals surface area (Å²) < 4.78 is 0. The van der Waals surface area contributed by atoms with Gasteiger partial charge in [-0.25, -0.2) is 0 Å². The lowest BCUT2D eigenvalue weighted by molar-refractivity contribution is -0.109. The Hall–Kier alpha value is -1.15. The maximum Gasteiger partial charge on any atom is 0.141 e. The van der Waals surface area contributed by atoms with Gasteiger partial charge in [-0.2, -0.15) is 0 Å². The number of carbonyl (C=O) groups excluding carboxylic acids is 1. The molecule has 0 saturated heterocycles. The summed E-state index contributed by atoms with van der Waals surface area (Å²) in [4.78, 5) is 10.7. The van der Waals surface area contributed by atoms with Crippen LogP contribution in [-0.4, -0.2) is 12.8 Å². The van der Waals surface area contributed by atoms with Crippen LogP contribution in [0.15, 0.2) is 30.3 Å². The Morgan fingerprint density at radius 3 is 2.06 bits per heavy atom. The highest BCUT2D eigenvalue weighted by atomic mass is 16.1. The molecule has 17 heavy (non-hydrogen) atoms. The summed E-state index contributed by atoms with van der Waals surface area (Å²) in [7, 11) is 0. The van der Waals surface area contributed by atoms with Gasteiger partial charge in [-0.3, -0.25) is 0 Å². The molecule has 1 atom stereocenters. The van der Waals surface area contributed by atoms with Gasteiger partial charge in [0.2, 0.25) is 0 Å². The molecule has 1 N–H and O–H groups in total. The van der Waals surface area contributed by atoms with E-state index in [4.69, 9.17) is 0 Å². The molecule has 1 rings (SSSR count). The minimum atomic E-state index is -0.152. The fourth-order valence-corrected chi connectivity index (χ4v) is 1.20. The van der Waals surface area contributed by atoms with Crippen molar-refractivity contribution in [3.05, 3.63) is 35.9 Å². The molecule has 0 amide bonds. The van der Waals surface area contributed by atoms with Gasteiger partial charge in [-0.05, 0) is 18.5 Å². The van der Waals surface area contributed by atoms with Gasteiger partial charge in [0.1, 0.15) is 6.29 Å². The normalized spacial score (nSPS) is 10.2. The van der Waals surface area contributed by atoms with E-state index in [2.05, 4.69) is 12.2 Å². The van der Waals surface area contributed by atoms with Crippen LogP contribution in [0.1, 0.15) is 52.6 Å². The van der Waals surface area contributed by atoms with Gasteiger partial charge in [0.15, 0.2) is 0 Å². The fourth-order valence-electron chi connectivity index (χ4n) is 1.20. The third-order valence-electron chi connectivity index (χ3n) is 1.91. The van der Waals surface area contributed by atoms with Gasteiger partial charge in [0.25, 0.3) is 0 Å². The van der Waals surface area contributed by atoms with Crippen LogP contribution in [0.2, 0.25) is 0 Å². The van der Waals surface area contributed by atoms with E-state index in [1.54, 1.807) is 0 Å². The zero-order chi connectivity index (χ0) is 13.5. The largest absolute Gasteiger partial charge is 0.304 e. The van der Waals surface area contributed by atoms with Gasteiger partial charge in [-0.1, -0.05) is 65.0 Å². The lowest BCUT2D eigenvalue weighted by atomic mass is 10.1. The van der Waals surface area contributed by atoms with Crippen molar-refractivity contribution in [2.45, 2.75) is 47.1 Å². The predicted octanol–water partition coefficient (Wildman–Crippen LogP) is 3.98. The lowest BCUT2D eigenvalue weighted by Gasteiger charge is -2.11. The number of nitrogens with one attached hydrogen (secondary N) is 1. The van der Waals surface area contributed by atoms with E-state index >= 15 is 0 Å². The predicted molar refractivity (Wildman–Crippen MR) is 76.2 cm³/mol. The number of benzene rings is 1. The van der Waals surface area contributed by atoms with Crippen molar-refractivity contribution >= 4 is 6.29 Å². The van der Waals surface area contributed by atoms with Crippen molar-refractivity contribution in [3.63, 3.8) is 0 Å². The summed E-state index contributed by atoms with van der Waals surface area (Å²) >= 11 is 0. The standard InChI is InChI=1S/C11H15NO.2C2H6/c1-2-8-12-11(9-13)10-6-4-3-5-7-10;2*1-2/h3-7,9,11-12H,2,8H2,1H3;2*1-2H3. The van der Waals surface area contributed by atoms with E-state index in [0.717, 1.165) is 24.8 Å². The number of rotatable bonds is 5. The average molecular weight is 237 g/mol. The zero-order valence-electron chi connectivity index (χ0n) is 11.9. The Bertz CT molecular complexity index is 246. The third-order valence-corrected chi connectivity index (χ3v) is 1.91. The quantitative estimate of drug-likeness (QED) is 0.785. The maximum atomic E-state index is 10.7. The summed E-state index contributed by atoms with van der Waals surface area (Å²) in [5.41, 5.74) is 1.03. The molecular weight excluding hydrogens is 210 g/mol. The Morgan fingerprint density at radius 1 is 1.12 bits per heavy atom. The first-order valence-corrected chi connectivity index (χ1v) is 6.62. The van der Waals surface area contributed by atoms with E-state index in [9.17, 15) is 4.79 Å². The van der Waals surface area contributed by atoms with Crippen molar-refractivity contribution in [2.24, 2.45) is 0 Å². The summed E-state index contributed by atoms with van der Waals surface area (Å²) in [6.07, 6.45) is 1.99. The van der Waals surface area contributed by atoms with Crippen molar-refractivity contribution in [1.82, 2.24) is 5.32 Å². The molecule has 0 fully saturated rings. The number of hydrogen-bond acceptors (Lipinski definition) is 2. The second-order valence-electron chi connectivity index (χ2n) is 2.98. The summed E-state index contributed by atoms with van der Waals surface area (Å²) in [5, 5.41) is 3.17. The molecule has 0 aromatic heterocycles. The maximum absolute atomic E-state index is 10.7. The molecule has 1 aromatic rings. The van der Waals surface area contributed by atoms with Crippen LogP contribution in [-0.2, 0) is 4.79 Å². The van der Waals surface area contributed by atoms with E-state index in [1.165, 1.54) is 0 Å². The van der Waals surface area contributed by atoms with E-state index in [-0.39, 0.29) is 6.04 Å². The Labute approximate surface area is 106 Å². The van der Waals surface area contributed by atoms with Crippen molar-refractivity contribution in [3.8, 4) is 0 Å². The highest BCUT2D eigenvalue weighted by Crippen LogP contribution is 2.09. The van der Waals surface area contributed by atoms with Crippen LogP contribution in [0.5, 0.6) is 0 Å². The minimum absolute atomic E-state index is 0.152. The summed E-state index contributed by atoms with van der Waals surface area (Å²) in [6.45, 7) is 11.0. The lowest BCUT2D eigenvalue weighted by Crippen LogP contribution is -2.22. The van der Waals surface area contributed by atoms with Crippen molar-refractivity contribution < 1.29 is 4.79 Å². The highest BCUT2D eigenvalue weighted by Gasteiger charge is 2.06. The summed E-state index contributed by atoms with van der Waals surface area (Å²) in [6, 6.07) is 9.61. The molecule has 0 saturated carbocycles. The molecule has 98 valence electrons. The minimum Gasteiger partial charge on any atom is -0.304 e. The number of carbonyl (C=O) groups is 1. The van der Waals surface area contributed by atoms with Gasteiger partial charge in [-0.15, -0.1) is 0 Å². The fraction of sp³-hybridized carbons (Fsp3) is 0.533. The molecule has 2 heteroatoms. The molecule has 0 spiro atoms. The Kier molecular flexibility index (Phi) is 15.9. The second kappa shape index (κ2) is 14.8. The molecule has 0 radical (unpaired) electrons. The van der Waals surface area contributed by atoms with Crippen molar-refractivity contribution in [1.29, 1.82) is 0 Å². The van der Waals surface area contributed by atoms with Crippen LogP contribution >= 0.6 is 0 Å². The Morgan fingerprint density at radius 2 is 1.65 bits per heavy atom. The molecule has 1 unspecified atom stereocenters. The molecule has 2 nitrogen and oxygen atoms in total. The molecule has 1 aromatic carbocycles. The smallest absolute Gasteiger partial charge is 0.141 e. The average Bonchev–Trinajstić information content (AvgIpc) is 2.45. The number of aldehydes is 1. The first-order valence-electron chi connectivity index (χ1n) is 6.62. The zero-order valence-corrected chi connectivity index (χ0v) is 11.9. The van der Waals surface area contributed by atoms with E-state index < -0.39 is 0 Å². The first kappa shape index (κ1) is 18.2. The van der Waals surface area contributed by atoms with Crippen LogP contribution in [0, 0.1) is 0 Å². The van der Waals surface area contributed by atoms with Gasteiger partial charge in [0, 0.05) is 0 Å².